The Balaban J connectivity index is 1.25. The monoisotopic (exact) mass is 974 g/mol. The molecule has 342 valence electrons. The lowest BCUT2D eigenvalue weighted by atomic mass is 9.88. The lowest BCUT2D eigenvalue weighted by Gasteiger charge is -2.26. The minimum absolute atomic E-state index is 0.411. The standard InChI is InChI=1S/C68H38N4S2/c1-70-62-59(43-24-10-4-11-25-43)54(40-69)63(60(44-26-12-5-13-27-44)66(62)71-55-31-17-14-28-46(55)47-35-34-45(38-56(47)71)41-20-6-2-7-21-41)72-64-49(36-37-50-48-29-15-18-32-57(48)73-67(50)64)53-39-52(42-22-8-3-9-23-42)61-51-30-16-19-33-58(51)74-68(61)65(53)72/h2-39H. The number of hydrogen-bond acceptors (Lipinski definition) is 3. The van der Waals surface area contributed by atoms with Crippen LogP contribution in [0.25, 0.3) is 145 Å². The molecule has 0 radical (unpaired) electrons. The van der Waals surface area contributed by atoms with E-state index in [0.29, 0.717) is 16.8 Å². The third-order valence-corrected chi connectivity index (χ3v) is 17.3. The van der Waals surface area contributed by atoms with Crippen molar-refractivity contribution in [2.45, 2.75) is 0 Å². The Kier molecular flexibility index (Phi) is 9.40. The van der Waals surface area contributed by atoms with Gasteiger partial charge < -0.3 is 9.13 Å². The maximum Gasteiger partial charge on any atom is 0.220 e. The number of hydrogen-bond donors (Lipinski definition) is 0. The molecular formula is C68H38N4S2. The van der Waals surface area contributed by atoms with E-state index in [-0.39, 0.29) is 0 Å². The quantitative estimate of drug-likeness (QED) is 0.153. The second-order valence-corrected chi connectivity index (χ2v) is 20.9. The van der Waals surface area contributed by atoms with Gasteiger partial charge in [0.2, 0.25) is 5.69 Å². The van der Waals surface area contributed by atoms with Gasteiger partial charge in [-0.1, -0.05) is 200 Å². The van der Waals surface area contributed by atoms with Gasteiger partial charge in [0.05, 0.1) is 55.0 Å². The third kappa shape index (κ3) is 6.05. The van der Waals surface area contributed by atoms with Crippen molar-refractivity contribution in [2.75, 3.05) is 0 Å². The molecule has 4 heterocycles. The highest BCUT2D eigenvalue weighted by Crippen LogP contribution is 2.55. The van der Waals surface area contributed by atoms with Crippen LogP contribution in [0.4, 0.5) is 5.69 Å². The highest BCUT2D eigenvalue weighted by atomic mass is 32.1. The Morgan fingerprint density at radius 2 is 0.919 bits per heavy atom. The van der Waals surface area contributed by atoms with Gasteiger partial charge in [-0.05, 0) is 63.7 Å². The number of rotatable bonds is 6. The highest BCUT2D eigenvalue weighted by molar-refractivity contribution is 7.27. The second-order valence-electron chi connectivity index (χ2n) is 18.8. The highest BCUT2D eigenvalue weighted by Gasteiger charge is 2.33. The fraction of sp³-hybridized carbons (Fsp3) is 0. The molecule has 11 aromatic carbocycles. The van der Waals surface area contributed by atoms with E-state index in [2.05, 4.69) is 208 Å². The van der Waals surface area contributed by atoms with Crippen molar-refractivity contribution >= 4 is 112 Å². The van der Waals surface area contributed by atoms with Crippen molar-refractivity contribution < 1.29 is 0 Å². The van der Waals surface area contributed by atoms with Crippen LogP contribution in [0.15, 0.2) is 231 Å². The number of nitrogens with zero attached hydrogens (tertiary/aromatic N) is 4. The van der Waals surface area contributed by atoms with E-state index in [0.717, 1.165) is 103 Å². The summed E-state index contributed by atoms with van der Waals surface area (Å²) >= 11 is 3.61. The van der Waals surface area contributed by atoms with Gasteiger partial charge >= 0.3 is 0 Å². The van der Waals surface area contributed by atoms with Gasteiger partial charge in [-0.25, -0.2) is 4.85 Å². The van der Waals surface area contributed by atoms with Crippen LogP contribution in [0.2, 0.25) is 0 Å². The van der Waals surface area contributed by atoms with Crippen LogP contribution in [0, 0.1) is 17.9 Å². The number of aromatic nitrogens is 2. The van der Waals surface area contributed by atoms with Crippen molar-refractivity contribution in [2.24, 2.45) is 0 Å². The molecule has 0 bridgehead atoms. The summed E-state index contributed by atoms with van der Waals surface area (Å²) in [5.41, 5.74) is 13.9. The first-order valence-corrected chi connectivity index (χ1v) is 26.3. The first kappa shape index (κ1) is 42.2. The summed E-state index contributed by atoms with van der Waals surface area (Å²) in [5.74, 6) is 0. The molecular weight excluding hydrogens is 937 g/mol. The van der Waals surface area contributed by atoms with Crippen molar-refractivity contribution in [1.29, 1.82) is 5.26 Å². The van der Waals surface area contributed by atoms with Gasteiger partial charge in [-0.2, -0.15) is 5.26 Å². The third-order valence-electron chi connectivity index (χ3n) is 15.0. The summed E-state index contributed by atoms with van der Waals surface area (Å²) in [7, 11) is 0. The number of benzene rings is 11. The Hall–Kier alpha value is -9.56. The molecule has 0 amide bonds. The summed E-state index contributed by atoms with van der Waals surface area (Å²) < 4.78 is 9.45. The molecule has 0 N–H and O–H groups in total. The smallest absolute Gasteiger partial charge is 0.220 e. The van der Waals surface area contributed by atoms with Gasteiger partial charge in [0, 0.05) is 63.6 Å². The lowest BCUT2D eigenvalue weighted by molar-refractivity contribution is 1.14. The van der Waals surface area contributed by atoms with Crippen LogP contribution >= 0.6 is 22.7 Å². The molecule has 74 heavy (non-hydrogen) atoms. The zero-order chi connectivity index (χ0) is 49.0. The van der Waals surface area contributed by atoms with Crippen LogP contribution in [0.1, 0.15) is 5.56 Å². The number of fused-ring (bicyclic) bond motifs is 14. The van der Waals surface area contributed by atoms with Gasteiger partial charge in [0.25, 0.3) is 0 Å². The molecule has 0 saturated heterocycles. The average Bonchev–Trinajstić information content (AvgIpc) is 4.32. The molecule has 0 aliphatic heterocycles. The fourth-order valence-corrected chi connectivity index (χ4v) is 14.4. The molecule has 15 rings (SSSR count). The first-order chi connectivity index (χ1) is 36.7. The minimum Gasteiger partial charge on any atom is -0.318 e. The number of nitriles is 1. The Labute approximate surface area is 433 Å². The Morgan fingerprint density at radius 1 is 0.392 bits per heavy atom. The second kappa shape index (κ2) is 16.5. The topological polar surface area (TPSA) is 38.0 Å². The molecule has 4 aromatic heterocycles. The van der Waals surface area contributed by atoms with Crippen LogP contribution < -0.4 is 0 Å². The summed E-state index contributed by atoms with van der Waals surface area (Å²) in [6.45, 7) is 9.45. The summed E-state index contributed by atoms with van der Waals surface area (Å²) in [5, 5.41) is 21.4. The van der Waals surface area contributed by atoms with E-state index in [4.69, 9.17) is 0 Å². The van der Waals surface area contributed by atoms with Crippen LogP contribution in [0.5, 0.6) is 0 Å². The van der Waals surface area contributed by atoms with Crippen LogP contribution in [0.3, 0.4) is 0 Å². The van der Waals surface area contributed by atoms with Crippen molar-refractivity contribution in [1.82, 2.24) is 9.13 Å². The SMILES string of the molecule is [C-]#[N+]c1c(-c2ccccc2)c(C#N)c(-n2c3c(ccc4c5ccccc5sc43)c3cc(-c4ccccc4)c4c5ccccc5sc4c32)c(-c2ccccc2)c1-n1c2ccccc2c2ccc(-c3ccccc3)cc21. The molecule has 0 aliphatic carbocycles. The molecule has 0 fully saturated rings. The molecule has 0 spiro atoms. The maximum absolute atomic E-state index is 12.3. The molecule has 4 nitrogen and oxygen atoms in total. The first-order valence-electron chi connectivity index (χ1n) is 24.7. The van der Waals surface area contributed by atoms with Gasteiger partial charge in [-0.3, -0.25) is 0 Å². The lowest BCUT2D eigenvalue weighted by Crippen LogP contribution is -2.09. The van der Waals surface area contributed by atoms with E-state index in [1.807, 2.05) is 53.8 Å². The molecule has 6 heteroatoms. The van der Waals surface area contributed by atoms with E-state index in [1.54, 1.807) is 11.3 Å². The average molecular weight is 975 g/mol. The van der Waals surface area contributed by atoms with Gasteiger partial charge in [0.1, 0.15) is 6.07 Å². The predicted octanol–water partition coefficient (Wildman–Crippen LogP) is 19.7. The van der Waals surface area contributed by atoms with Crippen molar-refractivity contribution in [3.8, 4) is 62.0 Å². The van der Waals surface area contributed by atoms with Gasteiger partial charge in [0.15, 0.2) is 0 Å². The maximum atomic E-state index is 12.3. The molecule has 15 aromatic rings. The fourth-order valence-electron chi connectivity index (χ4n) is 11.9. The summed E-state index contributed by atoms with van der Waals surface area (Å²) in [6, 6.07) is 84.4. The molecule has 0 saturated carbocycles. The van der Waals surface area contributed by atoms with E-state index >= 15 is 0 Å². The molecule has 0 unspecified atom stereocenters. The van der Waals surface area contributed by atoms with E-state index in [9.17, 15) is 11.8 Å². The minimum atomic E-state index is 0.411. The van der Waals surface area contributed by atoms with Crippen molar-refractivity contribution in [3.63, 3.8) is 0 Å². The van der Waals surface area contributed by atoms with E-state index in [1.165, 1.54) is 31.1 Å². The van der Waals surface area contributed by atoms with Crippen molar-refractivity contribution in [3.05, 3.63) is 248 Å². The summed E-state index contributed by atoms with van der Waals surface area (Å²) in [4.78, 5) is 4.61. The largest absolute Gasteiger partial charge is 0.318 e. The zero-order valence-corrected chi connectivity index (χ0v) is 41.2. The number of para-hydroxylation sites is 1. The van der Waals surface area contributed by atoms with Crippen LogP contribution in [-0.2, 0) is 0 Å². The van der Waals surface area contributed by atoms with Gasteiger partial charge in [-0.15, -0.1) is 22.7 Å². The molecule has 0 aliphatic rings. The molecule has 0 atom stereocenters. The Morgan fingerprint density at radius 3 is 1.61 bits per heavy atom. The Bertz CT molecular complexity index is 4890. The van der Waals surface area contributed by atoms with E-state index < -0.39 is 0 Å². The summed E-state index contributed by atoms with van der Waals surface area (Å²) in [6.07, 6.45) is 0. The predicted molar refractivity (Wildman–Crippen MR) is 314 cm³/mol. The number of thiophene rings is 2. The normalized spacial score (nSPS) is 11.8. The zero-order valence-electron chi connectivity index (χ0n) is 39.5. The van der Waals surface area contributed by atoms with Crippen LogP contribution in [-0.4, -0.2) is 9.13 Å².